The Labute approximate surface area is 117 Å². The lowest BCUT2D eigenvalue weighted by Gasteiger charge is -2.04. The van der Waals surface area contributed by atoms with Crippen molar-refractivity contribution in [1.29, 1.82) is 0 Å². The van der Waals surface area contributed by atoms with E-state index in [1.165, 1.54) is 12.8 Å². The summed E-state index contributed by atoms with van der Waals surface area (Å²) in [5.41, 5.74) is 0.922. The summed E-state index contributed by atoms with van der Waals surface area (Å²) in [6, 6.07) is 9.76. The van der Waals surface area contributed by atoms with Gasteiger partial charge in [0.25, 0.3) is 5.82 Å². The largest absolute Gasteiger partial charge is 0.460 e. The number of nitrogens with zero attached hydrogens (tertiary/aromatic N) is 3. The molecule has 1 aliphatic rings. The van der Waals surface area contributed by atoms with E-state index in [0.717, 1.165) is 17.9 Å². The second kappa shape index (κ2) is 5.45. The minimum Gasteiger partial charge on any atom is -0.460 e. The molecule has 5 heteroatoms. The smallest absolute Gasteiger partial charge is 0.378 e. The number of aromatic nitrogens is 3. The van der Waals surface area contributed by atoms with Crippen molar-refractivity contribution in [3.05, 3.63) is 42.0 Å². The molecule has 0 unspecified atom stereocenters. The number of hydrogen-bond donors (Lipinski definition) is 0. The maximum Gasteiger partial charge on any atom is 0.378 e. The number of ether oxygens (including phenoxy) is 1. The summed E-state index contributed by atoms with van der Waals surface area (Å²) in [4.78, 5) is 16.1. The first-order valence-electron chi connectivity index (χ1n) is 6.96. The Morgan fingerprint density at radius 2 is 2.10 bits per heavy atom. The fourth-order valence-corrected chi connectivity index (χ4v) is 2.11. The highest BCUT2D eigenvalue weighted by molar-refractivity contribution is 5.85. The molecule has 1 fully saturated rings. The first-order valence-corrected chi connectivity index (χ1v) is 6.96. The van der Waals surface area contributed by atoms with Crippen LogP contribution in [-0.2, 0) is 11.2 Å². The molecule has 1 aliphatic carbocycles. The fourth-order valence-electron chi connectivity index (χ4n) is 2.11. The van der Waals surface area contributed by atoms with E-state index >= 15 is 0 Å². The molecule has 1 heterocycles. The van der Waals surface area contributed by atoms with Crippen LogP contribution in [-0.4, -0.2) is 27.3 Å². The van der Waals surface area contributed by atoms with E-state index in [0.29, 0.717) is 12.5 Å². The first kappa shape index (κ1) is 12.8. The van der Waals surface area contributed by atoms with E-state index in [-0.39, 0.29) is 5.82 Å². The van der Waals surface area contributed by atoms with E-state index in [4.69, 9.17) is 4.74 Å². The van der Waals surface area contributed by atoms with E-state index in [2.05, 4.69) is 10.1 Å². The van der Waals surface area contributed by atoms with Gasteiger partial charge in [0.15, 0.2) is 0 Å². The molecule has 20 heavy (non-hydrogen) atoms. The van der Waals surface area contributed by atoms with Crippen LogP contribution in [0.15, 0.2) is 30.3 Å². The van der Waals surface area contributed by atoms with Crippen molar-refractivity contribution < 1.29 is 9.53 Å². The Hall–Kier alpha value is -2.17. The summed E-state index contributed by atoms with van der Waals surface area (Å²) >= 11 is 0. The molecule has 0 aliphatic heterocycles. The maximum atomic E-state index is 11.8. The Morgan fingerprint density at radius 1 is 1.35 bits per heavy atom. The lowest BCUT2D eigenvalue weighted by Crippen LogP contribution is -2.07. The van der Waals surface area contributed by atoms with Gasteiger partial charge in [-0.25, -0.2) is 14.5 Å². The third kappa shape index (κ3) is 2.71. The van der Waals surface area contributed by atoms with Crippen molar-refractivity contribution in [3.63, 3.8) is 0 Å². The Morgan fingerprint density at radius 3 is 2.75 bits per heavy atom. The van der Waals surface area contributed by atoms with Gasteiger partial charge in [0.05, 0.1) is 12.3 Å². The van der Waals surface area contributed by atoms with Crippen molar-refractivity contribution in [3.8, 4) is 5.69 Å². The number of rotatable bonds is 5. The van der Waals surface area contributed by atoms with Crippen LogP contribution in [0.2, 0.25) is 0 Å². The number of para-hydroxylation sites is 1. The number of hydrogen-bond acceptors (Lipinski definition) is 4. The number of benzene rings is 1. The molecular formula is C15H17N3O2. The predicted molar refractivity (Wildman–Crippen MR) is 73.7 cm³/mol. The van der Waals surface area contributed by atoms with Crippen LogP contribution in [0, 0.1) is 5.92 Å². The van der Waals surface area contributed by atoms with Gasteiger partial charge >= 0.3 is 5.97 Å². The standard InChI is InChI=1S/C15H17N3O2/c1-2-20-15(19)14-16-13(10-11-8-9-11)18(17-14)12-6-4-3-5-7-12/h3-7,11H,2,8-10H2,1H3. The second-order valence-corrected chi connectivity index (χ2v) is 4.97. The number of esters is 1. The highest BCUT2D eigenvalue weighted by Gasteiger charge is 2.26. The number of carbonyl (C=O) groups excluding carboxylic acids is 1. The van der Waals surface area contributed by atoms with Crippen LogP contribution >= 0.6 is 0 Å². The summed E-state index contributed by atoms with van der Waals surface area (Å²) in [5, 5.41) is 4.31. The molecule has 1 saturated carbocycles. The van der Waals surface area contributed by atoms with Gasteiger partial charge in [0.1, 0.15) is 5.82 Å². The van der Waals surface area contributed by atoms with Crippen LogP contribution in [0.1, 0.15) is 36.2 Å². The zero-order valence-corrected chi connectivity index (χ0v) is 11.5. The van der Waals surface area contributed by atoms with E-state index < -0.39 is 5.97 Å². The number of carbonyl (C=O) groups is 1. The van der Waals surface area contributed by atoms with Crippen LogP contribution in [0.25, 0.3) is 5.69 Å². The van der Waals surface area contributed by atoms with Crippen molar-refractivity contribution in [2.45, 2.75) is 26.2 Å². The molecule has 2 aromatic rings. The molecular weight excluding hydrogens is 254 g/mol. The third-order valence-corrected chi connectivity index (χ3v) is 3.30. The van der Waals surface area contributed by atoms with Crippen molar-refractivity contribution >= 4 is 5.97 Å². The highest BCUT2D eigenvalue weighted by Crippen LogP contribution is 2.32. The lowest BCUT2D eigenvalue weighted by molar-refractivity contribution is 0.0512. The van der Waals surface area contributed by atoms with Crippen molar-refractivity contribution in [2.75, 3.05) is 6.61 Å². The van der Waals surface area contributed by atoms with Gasteiger partial charge in [-0.2, -0.15) is 0 Å². The minimum atomic E-state index is -0.459. The van der Waals surface area contributed by atoms with Crippen LogP contribution in [0.3, 0.4) is 0 Å². The Bertz CT molecular complexity index is 603. The van der Waals surface area contributed by atoms with Gasteiger partial charge in [-0.15, -0.1) is 5.10 Å². The summed E-state index contributed by atoms with van der Waals surface area (Å²) in [6.45, 7) is 2.11. The average Bonchev–Trinajstić information content (AvgIpc) is 3.17. The zero-order chi connectivity index (χ0) is 13.9. The molecule has 0 bridgehead atoms. The predicted octanol–water partition coefficient (Wildman–Crippen LogP) is 2.40. The Balaban J connectivity index is 1.95. The van der Waals surface area contributed by atoms with Crippen molar-refractivity contribution in [2.24, 2.45) is 5.92 Å². The summed E-state index contributed by atoms with van der Waals surface area (Å²) < 4.78 is 6.73. The topological polar surface area (TPSA) is 57.0 Å². The third-order valence-electron chi connectivity index (χ3n) is 3.30. The summed E-state index contributed by atoms with van der Waals surface area (Å²) in [5.74, 6) is 1.20. The molecule has 104 valence electrons. The van der Waals surface area contributed by atoms with Gasteiger partial charge in [0, 0.05) is 6.42 Å². The molecule has 0 N–H and O–H groups in total. The van der Waals surface area contributed by atoms with Crippen molar-refractivity contribution in [1.82, 2.24) is 14.8 Å². The zero-order valence-electron chi connectivity index (χ0n) is 11.5. The maximum absolute atomic E-state index is 11.8. The molecule has 0 radical (unpaired) electrons. The molecule has 3 rings (SSSR count). The van der Waals surface area contributed by atoms with E-state index in [1.54, 1.807) is 11.6 Å². The molecule has 0 atom stereocenters. The Kier molecular flexibility index (Phi) is 3.50. The quantitative estimate of drug-likeness (QED) is 0.783. The SMILES string of the molecule is CCOC(=O)c1nc(CC2CC2)n(-c2ccccc2)n1. The van der Waals surface area contributed by atoms with Gasteiger partial charge < -0.3 is 4.74 Å². The molecule has 0 spiro atoms. The molecule has 1 aromatic carbocycles. The molecule has 1 aromatic heterocycles. The van der Waals surface area contributed by atoms with E-state index in [1.807, 2.05) is 30.3 Å². The fraction of sp³-hybridized carbons (Fsp3) is 0.400. The van der Waals surface area contributed by atoms with E-state index in [9.17, 15) is 4.79 Å². The van der Waals surface area contributed by atoms with Crippen LogP contribution in [0.5, 0.6) is 0 Å². The molecule has 0 amide bonds. The summed E-state index contributed by atoms with van der Waals surface area (Å²) in [6.07, 6.45) is 3.33. The molecule has 5 nitrogen and oxygen atoms in total. The highest BCUT2D eigenvalue weighted by atomic mass is 16.5. The van der Waals surface area contributed by atoms with Gasteiger partial charge in [-0.1, -0.05) is 18.2 Å². The second-order valence-electron chi connectivity index (χ2n) is 4.97. The summed E-state index contributed by atoms with van der Waals surface area (Å²) in [7, 11) is 0. The first-order chi connectivity index (χ1) is 9.78. The minimum absolute atomic E-state index is 0.145. The van der Waals surface area contributed by atoms with Crippen LogP contribution < -0.4 is 0 Å². The molecule has 0 saturated heterocycles. The van der Waals surface area contributed by atoms with Crippen LogP contribution in [0.4, 0.5) is 0 Å². The van der Waals surface area contributed by atoms with Gasteiger partial charge in [-0.05, 0) is 37.8 Å². The lowest BCUT2D eigenvalue weighted by atomic mass is 10.2. The monoisotopic (exact) mass is 271 g/mol. The normalized spacial score (nSPS) is 14.2. The van der Waals surface area contributed by atoms with Gasteiger partial charge in [-0.3, -0.25) is 0 Å². The van der Waals surface area contributed by atoms with Gasteiger partial charge in [0.2, 0.25) is 0 Å². The average molecular weight is 271 g/mol.